The van der Waals surface area contributed by atoms with E-state index in [1.165, 1.54) is 0 Å². The summed E-state index contributed by atoms with van der Waals surface area (Å²) in [6, 6.07) is 12.2. The highest BCUT2D eigenvalue weighted by Gasteiger charge is 2.32. The maximum Gasteiger partial charge on any atom is 0.249 e. The Bertz CT molecular complexity index is 789. The number of benzene rings is 2. The number of hydrogen-bond acceptors (Lipinski definition) is 3. The van der Waals surface area contributed by atoms with Crippen molar-refractivity contribution in [2.24, 2.45) is 5.73 Å². The summed E-state index contributed by atoms with van der Waals surface area (Å²) in [6.07, 6.45) is 0.682. The zero-order valence-corrected chi connectivity index (χ0v) is 14.0. The van der Waals surface area contributed by atoms with Gasteiger partial charge in [0, 0.05) is 28.5 Å². The summed E-state index contributed by atoms with van der Waals surface area (Å²) in [5.74, 6) is -0.477. The first-order valence-electron chi connectivity index (χ1n) is 7.69. The SMILES string of the molecule is Cc1ccc(N[C@H]2CCN(c3ccc(Cl)cc3)C2=O)cc1C(N)=O. The molecule has 2 aromatic carbocycles. The van der Waals surface area contributed by atoms with Gasteiger partial charge in [-0.3, -0.25) is 9.59 Å². The smallest absolute Gasteiger partial charge is 0.249 e. The Morgan fingerprint density at radius 2 is 1.96 bits per heavy atom. The maximum absolute atomic E-state index is 12.6. The minimum absolute atomic E-state index is 0.00137. The van der Waals surface area contributed by atoms with Crippen LogP contribution in [0.4, 0.5) is 11.4 Å². The third-order valence-corrected chi connectivity index (χ3v) is 4.44. The second-order valence-corrected chi connectivity index (χ2v) is 6.28. The second-order valence-electron chi connectivity index (χ2n) is 5.85. The molecule has 6 heteroatoms. The molecule has 24 heavy (non-hydrogen) atoms. The van der Waals surface area contributed by atoms with Crippen LogP contribution in [0.3, 0.4) is 0 Å². The van der Waals surface area contributed by atoms with Gasteiger partial charge in [0.25, 0.3) is 0 Å². The molecule has 1 aliphatic heterocycles. The van der Waals surface area contributed by atoms with E-state index < -0.39 is 5.91 Å². The van der Waals surface area contributed by atoms with Gasteiger partial charge < -0.3 is 16.0 Å². The topological polar surface area (TPSA) is 75.4 Å². The Labute approximate surface area is 145 Å². The molecular formula is C18H18ClN3O2. The molecule has 1 fully saturated rings. The van der Waals surface area contributed by atoms with Gasteiger partial charge in [-0.15, -0.1) is 0 Å². The van der Waals surface area contributed by atoms with Crippen molar-refractivity contribution in [3.8, 4) is 0 Å². The highest BCUT2D eigenvalue weighted by atomic mass is 35.5. The number of anilines is 2. The van der Waals surface area contributed by atoms with Crippen LogP contribution in [0.25, 0.3) is 0 Å². The van der Waals surface area contributed by atoms with Crippen LogP contribution in [0.15, 0.2) is 42.5 Å². The third-order valence-electron chi connectivity index (χ3n) is 4.19. The van der Waals surface area contributed by atoms with E-state index in [9.17, 15) is 9.59 Å². The van der Waals surface area contributed by atoms with E-state index in [1.807, 2.05) is 31.2 Å². The molecule has 0 spiro atoms. The van der Waals surface area contributed by atoms with Crippen molar-refractivity contribution in [3.63, 3.8) is 0 Å². The van der Waals surface area contributed by atoms with E-state index in [0.29, 0.717) is 29.2 Å². The van der Waals surface area contributed by atoms with Gasteiger partial charge in [0.05, 0.1) is 0 Å². The predicted octanol–water partition coefficient (Wildman–Crippen LogP) is 2.96. The summed E-state index contributed by atoms with van der Waals surface area (Å²) in [5, 5.41) is 3.84. The number of halogens is 1. The average molecular weight is 344 g/mol. The standard InChI is InChI=1S/C18H18ClN3O2/c1-11-2-5-13(10-15(11)17(20)23)21-16-8-9-22(18(16)24)14-6-3-12(19)4-7-14/h2-7,10,16,21H,8-9H2,1H3,(H2,20,23)/t16-/m0/s1. The van der Waals surface area contributed by atoms with Gasteiger partial charge in [-0.1, -0.05) is 17.7 Å². The molecule has 0 aliphatic carbocycles. The summed E-state index contributed by atoms with van der Waals surface area (Å²) in [4.78, 5) is 25.8. The number of primary amides is 1. The fourth-order valence-electron chi connectivity index (χ4n) is 2.87. The van der Waals surface area contributed by atoms with E-state index in [1.54, 1.807) is 23.1 Å². The van der Waals surface area contributed by atoms with Gasteiger partial charge in [0.2, 0.25) is 11.8 Å². The van der Waals surface area contributed by atoms with Crippen LogP contribution in [0, 0.1) is 6.92 Å². The molecule has 0 saturated carbocycles. The number of nitrogens with two attached hydrogens (primary N) is 1. The molecular weight excluding hydrogens is 326 g/mol. The Morgan fingerprint density at radius 1 is 1.25 bits per heavy atom. The van der Waals surface area contributed by atoms with Gasteiger partial charge in [-0.25, -0.2) is 0 Å². The number of nitrogens with zero attached hydrogens (tertiary/aromatic N) is 1. The van der Waals surface area contributed by atoms with Crippen LogP contribution in [-0.4, -0.2) is 24.4 Å². The lowest BCUT2D eigenvalue weighted by Crippen LogP contribution is -2.33. The highest BCUT2D eigenvalue weighted by molar-refractivity contribution is 6.30. The Morgan fingerprint density at radius 3 is 2.62 bits per heavy atom. The molecule has 0 bridgehead atoms. The molecule has 1 saturated heterocycles. The van der Waals surface area contributed by atoms with Crippen molar-refractivity contribution >= 4 is 34.8 Å². The van der Waals surface area contributed by atoms with Crippen LogP contribution in [-0.2, 0) is 4.79 Å². The fraction of sp³-hybridized carbons (Fsp3) is 0.222. The summed E-state index contributed by atoms with van der Waals surface area (Å²) in [5.41, 5.74) is 8.19. The fourth-order valence-corrected chi connectivity index (χ4v) is 3.00. The third kappa shape index (κ3) is 3.21. The number of carbonyl (C=O) groups excluding carboxylic acids is 2. The lowest BCUT2D eigenvalue weighted by molar-refractivity contribution is -0.117. The van der Waals surface area contributed by atoms with E-state index in [4.69, 9.17) is 17.3 Å². The first-order valence-corrected chi connectivity index (χ1v) is 8.07. The van der Waals surface area contributed by atoms with Crippen molar-refractivity contribution in [3.05, 3.63) is 58.6 Å². The molecule has 2 aromatic rings. The Kier molecular flexibility index (Phi) is 4.44. The number of hydrogen-bond donors (Lipinski definition) is 2. The average Bonchev–Trinajstić information content (AvgIpc) is 2.91. The monoisotopic (exact) mass is 343 g/mol. The molecule has 0 radical (unpaired) electrons. The van der Waals surface area contributed by atoms with Gasteiger partial charge in [0.1, 0.15) is 6.04 Å². The molecule has 0 unspecified atom stereocenters. The number of nitrogens with one attached hydrogen (secondary N) is 1. The van der Waals surface area contributed by atoms with E-state index in [0.717, 1.165) is 11.3 Å². The van der Waals surface area contributed by atoms with Crippen molar-refractivity contribution in [1.82, 2.24) is 0 Å². The molecule has 0 aromatic heterocycles. The van der Waals surface area contributed by atoms with Crippen LogP contribution in [0.5, 0.6) is 0 Å². The molecule has 5 nitrogen and oxygen atoms in total. The van der Waals surface area contributed by atoms with Crippen LogP contribution < -0.4 is 16.0 Å². The lowest BCUT2D eigenvalue weighted by atomic mass is 10.1. The molecule has 2 amide bonds. The quantitative estimate of drug-likeness (QED) is 0.896. The van der Waals surface area contributed by atoms with Crippen molar-refractivity contribution in [1.29, 1.82) is 0 Å². The summed E-state index contributed by atoms with van der Waals surface area (Å²) < 4.78 is 0. The second kappa shape index (κ2) is 6.53. The number of carbonyl (C=O) groups is 2. The van der Waals surface area contributed by atoms with Gasteiger partial charge in [0.15, 0.2) is 0 Å². The summed E-state index contributed by atoms with van der Waals surface area (Å²) in [6.45, 7) is 2.46. The summed E-state index contributed by atoms with van der Waals surface area (Å²) in [7, 11) is 0. The molecule has 1 atom stereocenters. The van der Waals surface area contributed by atoms with Crippen LogP contribution >= 0.6 is 11.6 Å². The van der Waals surface area contributed by atoms with Crippen molar-refractivity contribution < 1.29 is 9.59 Å². The molecule has 124 valence electrons. The Balaban J connectivity index is 1.75. The predicted molar refractivity (Wildman–Crippen MR) is 95.5 cm³/mol. The molecule has 3 rings (SSSR count). The highest BCUT2D eigenvalue weighted by Crippen LogP contribution is 2.25. The number of aryl methyl sites for hydroxylation is 1. The zero-order valence-electron chi connectivity index (χ0n) is 13.3. The number of rotatable bonds is 4. The zero-order chi connectivity index (χ0) is 17.3. The van der Waals surface area contributed by atoms with Crippen molar-refractivity contribution in [2.75, 3.05) is 16.8 Å². The minimum Gasteiger partial charge on any atom is -0.374 e. The lowest BCUT2D eigenvalue weighted by Gasteiger charge is -2.18. The van der Waals surface area contributed by atoms with E-state index >= 15 is 0 Å². The van der Waals surface area contributed by atoms with Gasteiger partial charge in [-0.05, 0) is 55.3 Å². The Hall–Kier alpha value is -2.53. The van der Waals surface area contributed by atoms with Gasteiger partial charge in [-0.2, -0.15) is 0 Å². The summed E-state index contributed by atoms with van der Waals surface area (Å²) >= 11 is 5.89. The molecule has 1 heterocycles. The largest absolute Gasteiger partial charge is 0.374 e. The molecule has 3 N–H and O–H groups in total. The van der Waals surface area contributed by atoms with Crippen molar-refractivity contribution in [2.45, 2.75) is 19.4 Å². The van der Waals surface area contributed by atoms with Crippen LogP contribution in [0.2, 0.25) is 5.02 Å². The first kappa shape index (κ1) is 16.3. The maximum atomic E-state index is 12.6. The van der Waals surface area contributed by atoms with Crippen LogP contribution in [0.1, 0.15) is 22.3 Å². The van der Waals surface area contributed by atoms with E-state index in [2.05, 4.69) is 5.32 Å². The minimum atomic E-state index is -0.475. The first-order chi connectivity index (χ1) is 11.5. The molecule has 1 aliphatic rings. The van der Waals surface area contributed by atoms with E-state index in [-0.39, 0.29) is 11.9 Å². The normalized spacial score (nSPS) is 17.2. The van der Waals surface area contributed by atoms with Gasteiger partial charge >= 0.3 is 0 Å². The number of amides is 2.